The molecule has 0 radical (unpaired) electrons. The van der Waals surface area contributed by atoms with E-state index < -0.39 is 0 Å². The fourth-order valence-corrected chi connectivity index (χ4v) is 3.00. The first-order valence-electron chi connectivity index (χ1n) is 8.74. The number of hydrogen-bond acceptors (Lipinski definition) is 3. The monoisotopic (exact) mass is 354 g/mol. The molecule has 3 unspecified atom stereocenters. The number of halogens is 1. The van der Waals surface area contributed by atoms with E-state index >= 15 is 0 Å². The summed E-state index contributed by atoms with van der Waals surface area (Å²) in [5, 5.41) is 3.12. The third kappa shape index (κ3) is 6.33. The normalized spacial score (nSPS) is 21.7. The second-order valence-corrected chi connectivity index (χ2v) is 7.13. The lowest BCUT2D eigenvalue weighted by molar-refractivity contribution is -0.126. The molecule has 1 aliphatic carbocycles. The summed E-state index contributed by atoms with van der Waals surface area (Å²) in [5.41, 5.74) is 7.07. The van der Waals surface area contributed by atoms with Gasteiger partial charge in [-0.15, -0.1) is 12.4 Å². The van der Waals surface area contributed by atoms with Gasteiger partial charge in [-0.1, -0.05) is 32.4 Å². The van der Waals surface area contributed by atoms with Gasteiger partial charge in [-0.3, -0.25) is 4.79 Å². The van der Waals surface area contributed by atoms with Crippen LogP contribution >= 0.6 is 12.4 Å². The van der Waals surface area contributed by atoms with Gasteiger partial charge in [0, 0.05) is 12.0 Å². The topological polar surface area (TPSA) is 64.3 Å². The molecule has 0 aliphatic heterocycles. The van der Waals surface area contributed by atoms with E-state index in [-0.39, 0.29) is 36.3 Å². The van der Waals surface area contributed by atoms with Crippen LogP contribution in [0.3, 0.4) is 0 Å². The fraction of sp³-hybridized carbons (Fsp3) is 0.632. The van der Waals surface area contributed by atoms with Gasteiger partial charge in [0.15, 0.2) is 0 Å². The van der Waals surface area contributed by atoms with Crippen LogP contribution in [-0.4, -0.2) is 18.6 Å². The maximum Gasteiger partial charge on any atom is 0.223 e. The maximum absolute atomic E-state index is 12.4. The van der Waals surface area contributed by atoms with Crippen molar-refractivity contribution in [1.82, 2.24) is 5.32 Å². The highest BCUT2D eigenvalue weighted by molar-refractivity contribution is 5.85. The first-order chi connectivity index (χ1) is 11.0. The van der Waals surface area contributed by atoms with Crippen molar-refractivity contribution in [2.45, 2.75) is 58.5 Å². The van der Waals surface area contributed by atoms with Gasteiger partial charge >= 0.3 is 0 Å². The van der Waals surface area contributed by atoms with E-state index in [0.29, 0.717) is 12.5 Å². The Kier molecular flexibility index (Phi) is 8.57. The summed E-state index contributed by atoms with van der Waals surface area (Å²) in [4.78, 5) is 12.4. The number of carbonyl (C=O) groups excluding carboxylic acids is 1. The largest absolute Gasteiger partial charge is 0.493 e. The van der Waals surface area contributed by atoms with Crippen LogP contribution in [0.2, 0.25) is 0 Å². The molecule has 1 fully saturated rings. The lowest BCUT2D eigenvalue weighted by Gasteiger charge is -2.27. The van der Waals surface area contributed by atoms with Crippen molar-refractivity contribution < 1.29 is 9.53 Å². The van der Waals surface area contributed by atoms with Gasteiger partial charge in [0.2, 0.25) is 5.91 Å². The van der Waals surface area contributed by atoms with Crippen molar-refractivity contribution in [3.63, 3.8) is 0 Å². The average molecular weight is 355 g/mol. The highest BCUT2D eigenvalue weighted by atomic mass is 35.5. The SMILES string of the molecule is CC(C)COc1ccc(C(C)NC(=O)C2CCCC(N)C2)cc1.Cl. The third-order valence-electron chi connectivity index (χ3n) is 4.41. The van der Waals surface area contributed by atoms with Crippen molar-refractivity contribution in [3.8, 4) is 5.75 Å². The summed E-state index contributed by atoms with van der Waals surface area (Å²) in [7, 11) is 0. The average Bonchev–Trinajstić information content (AvgIpc) is 2.53. The quantitative estimate of drug-likeness (QED) is 0.815. The summed E-state index contributed by atoms with van der Waals surface area (Å²) in [6, 6.07) is 8.15. The van der Waals surface area contributed by atoms with Gasteiger partial charge < -0.3 is 15.8 Å². The summed E-state index contributed by atoms with van der Waals surface area (Å²) in [5.74, 6) is 1.58. The van der Waals surface area contributed by atoms with E-state index in [0.717, 1.165) is 37.0 Å². The van der Waals surface area contributed by atoms with Crippen LogP contribution in [-0.2, 0) is 4.79 Å². The third-order valence-corrected chi connectivity index (χ3v) is 4.41. The second kappa shape index (κ2) is 9.90. The number of nitrogens with one attached hydrogen (secondary N) is 1. The number of carbonyl (C=O) groups is 1. The molecule has 0 saturated heterocycles. The smallest absolute Gasteiger partial charge is 0.223 e. The van der Waals surface area contributed by atoms with Gasteiger partial charge in [0.25, 0.3) is 0 Å². The van der Waals surface area contributed by atoms with Crippen molar-refractivity contribution in [1.29, 1.82) is 0 Å². The molecule has 1 saturated carbocycles. The van der Waals surface area contributed by atoms with E-state index in [1.807, 2.05) is 31.2 Å². The minimum absolute atomic E-state index is 0. The molecule has 1 aromatic rings. The molecule has 0 heterocycles. The molecule has 136 valence electrons. The van der Waals surface area contributed by atoms with Crippen molar-refractivity contribution in [2.75, 3.05) is 6.61 Å². The zero-order chi connectivity index (χ0) is 16.8. The molecule has 0 aromatic heterocycles. The summed E-state index contributed by atoms with van der Waals surface area (Å²) < 4.78 is 5.69. The van der Waals surface area contributed by atoms with E-state index in [2.05, 4.69) is 19.2 Å². The van der Waals surface area contributed by atoms with Crippen LogP contribution in [0.25, 0.3) is 0 Å². The molecule has 1 amide bonds. The molecule has 1 aliphatic rings. The molecule has 3 atom stereocenters. The van der Waals surface area contributed by atoms with Crippen LogP contribution in [0.15, 0.2) is 24.3 Å². The summed E-state index contributed by atoms with van der Waals surface area (Å²) in [6.07, 6.45) is 3.85. The number of hydrogen-bond donors (Lipinski definition) is 2. The van der Waals surface area contributed by atoms with Crippen molar-refractivity contribution in [2.24, 2.45) is 17.6 Å². The lowest BCUT2D eigenvalue weighted by Crippen LogP contribution is -2.38. The zero-order valence-electron chi connectivity index (χ0n) is 15.0. The Morgan fingerprint density at radius 1 is 1.25 bits per heavy atom. The van der Waals surface area contributed by atoms with Gasteiger partial charge in [0.1, 0.15) is 5.75 Å². The molecular weight excluding hydrogens is 324 g/mol. The molecule has 0 spiro atoms. The Labute approximate surface area is 151 Å². The highest BCUT2D eigenvalue weighted by Crippen LogP contribution is 2.25. The van der Waals surface area contributed by atoms with Crippen LogP contribution in [0.5, 0.6) is 5.75 Å². The summed E-state index contributed by atoms with van der Waals surface area (Å²) in [6.45, 7) is 6.99. The van der Waals surface area contributed by atoms with Crippen LogP contribution in [0.1, 0.15) is 58.1 Å². The Balaban J connectivity index is 0.00000288. The predicted octanol–water partition coefficient (Wildman–Crippen LogP) is 3.84. The minimum atomic E-state index is -0.000185. The first-order valence-corrected chi connectivity index (χ1v) is 8.74. The molecule has 1 aromatic carbocycles. The Morgan fingerprint density at radius 2 is 1.92 bits per heavy atom. The number of ether oxygens (including phenoxy) is 1. The predicted molar refractivity (Wildman–Crippen MR) is 101 cm³/mol. The number of benzene rings is 1. The highest BCUT2D eigenvalue weighted by Gasteiger charge is 2.26. The maximum atomic E-state index is 12.4. The molecular formula is C19H31ClN2O2. The lowest BCUT2D eigenvalue weighted by atomic mass is 9.85. The van der Waals surface area contributed by atoms with Gasteiger partial charge in [-0.25, -0.2) is 0 Å². The van der Waals surface area contributed by atoms with Crippen molar-refractivity contribution in [3.05, 3.63) is 29.8 Å². The van der Waals surface area contributed by atoms with Gasteiger partial charge in [-0.05, 0) is 49.8 Å². The molecule has 0 bridgehead atoms. The standard InChI is InChI=1S/C19H30N2O2.ClH/c1-13(2)12-23-18-9-7-15(8-10-18)14(3)21-19(22)16-5-4-6-17(20)11-16;/h7-10,13-14,16-17H,4-6,11-12,20H2,1-3H3,(H,21,22);1H. The zero-order valence-corrected chi connectivity index (χ0v) is 15.8. The van der Waals surface area contributed by atoms with Crippen LogP contribution < -0.4 is 15.8 Å². The minimum Gasteiger partial charge on any atom is -0.493 e. The Bertz CT molecular complexity index is 505. The first kappa shape index (κ1) is 20.8. The molecule has 24 heavy (non-hydrogen) atoms. The van der Waals surface area contributed by atoms with Crippen LogP contribution in [0.4, 0.5) is 0 Å². The van der Waals surface area contributed by atoms with Gasteiger partial charge in [0.05, 0.1) is 12.6 Å². The van der Waals surface area contributed by atoms with Gasteiger partial charge in [-0.2, -0.15) is 0 Å². The molecule has 5 heteroatoms. The molecule has 3 N–H and O–H groups in total. The fourth-order valence-electron chi connectivity index (χ4n) is 3.00. The number of amides is 1. The number of rotatable bonds is 6. The second-order valence-electron chi connectivity index (χ2n) is 7.13. The Hall–Kier alpha value is -1.26. The van der Waals surface area contributed by atoms with E-state index in [1.54, 1.807) is 0 Å². The molecule has 2 rings (SSSR count). The number of nitrogens with two attached hydrogens (primary N) is 1. The summed E-state index contributed by atoms with van der Waals surface area (Å²) >= 11 is 0. The van der Waals surface area contributed by atoms with E-state index in [4.69, 9.17) is 10.5 Å². The van der Waals surface area contributed by atoms with Crippen LogP contribution in [0, 0.1) is 11.8 Å². The van der Waals surface area contributed by atoms with E-state index in [9.17, 15) is 4.79 Å². The van der Waals surface area contributed by atoms with Crippen molar-refractivity contribution >= 4 is 18.3 Å². The Morgan fingerprint density at radius 3 is 2.50 bits per heavy atom. The van der Waals surface area contributed by atoms with E-state index in [1.165, 1.54) is 0 Å². The molecule has 4 nitrogen and oxygen atoms in total.